The summed E-state index contributed by atoms with van der Waals surface area (Å²) in [6, 6.07) is 17.0. The van der Waals surface area contributed by atoms with Crippen LogP contribution in [0.5, 0.6) is 0 Å². The van der Waals surface area contributed by atoms with Crippen LogP contribution in [0.1, 0.15) is 31.2 Å². The van der Waals surface area contributed by atoms with Gasteiger partial charge in [0.15, 0.2) is 0 Å². The molecule has 12 heteroatoms. The van der Waals surface area contributed by atoms with Crippen LogP contribution in [-0.4, -0.2) is 44.3 Å². The molecule has 8 nitrogen and oxygen atoms in total. The molecule has 0 unspecified atom stereocenters. The molecular formula is C28H18O8S4. The van der Waals surface area contributed by atoms with E-state index in [4.69, 9.17) is 0 Å². The Bertz CT molecular complexity index is 1780. The van der Waals surface area contributed by atoms with E-state index in [2.05, 4.69) is 0 Å². The lowest BCUT2D eigenvalue weighted by Gasteiger charge is -2.00. The molecule has 0 amide bonds. The Labute approximate surface area is 242 Å². The van der Waals surface area contributed by atoms with Crippen LogP contribution in [-0.2, 0) is 22.4 Å². The number of hydrogen-bond donors (Lipinski definition) is 4. The van der Waals surface area contributed by atoms with Gasteiger partial charge in [0.05, 0.1) is 18.4 Å². The summed E-state index contributed by atoms with van der Waals surface area (Å²) in [6.07, 6.45) is -0.418. The Morgan fingerprint density at radius 3 is 1.68 bits per heavy atom. The molecule has 0 aliphatic heterocycles. The molecule has 0 aliphatic rings. The monoisotopic (exact) mass is 610 g/mol. The Hall–Kier alpha value is -4.10. The van der Waals surface area contributed by atoms with Gasteiger partial charge in [0, 0.05) is 34.1 Å². The number of thiophene rings is 4. The molecule has 0 aliphatic carbocycles. The highest BCUT2D eigenvalue weighted by molar-refractivity contribution is 7.29. The van der Waals surface area contributed by atoms with Crippen molar-refractivity contribution in [2.45, 2.75) is 12.8 Å². The quantitative estimate of drug-likeness (QED) is 0.129. The third-order valence-corrected chi connectivity index (χ3v) is 10.9. The van der Waals surface area contributed by atoms with Gasteiger partial charge in [-0.1, -0.05) is 12.1 Å². The van der Waals surface area contributed by atoms with Gasteiger partial charge < -0.3 is 20.4 Å². The van der Waals surface area contributed by atoms with E-state index in [1.807, 2.05) is 12.1 Å². The molecule has 0 saturated carbocycles. The fraction of sp³-hybridized carbons (Fsp3) is 0.0714. The van der Waals surface area contributed by atoms with Crippen LogP contribution >= 0.6 is 45.3 Å². The van der Waals surface area contributed by atoms with Crippen molar-refractivity contribution in [2.24, 2.45) is 0 Å². The van der Waals surface area contributed by atoms with E-state index >= 15 is 0 Å². The normalized spacial score (nSPS) is 11.0. The second kappa shape index (κ2) is 11.2. The summed E-state index contributed by atoms with van der Waals surface area (Å²) in [7, 11) is 0. The number of rotatable bonds is 10. The summed E-state index contributed by atoms with van der Waals surface area (Å²) in [5.74, 6) is -4.06. The largest absolute Gasteiger partial charge is 0.481 e. The van der Waals surface area contributed by atoms with Crippen molar-refractivity contribution >= 4 is 69.2 Å². The lowest BCUT2D eigenvalue weighted by Crippen LogP contribution is -1.99. The maximum Gasteiger partial charge on any atom is 0.345 e. The third-order valence-electron chi connectivity index (χ3n) is 5.81. The first-order chi connectivity index (χ1) is 19.1. The van der Waals surface area contributed by atoms with Gasteiger partial charge in [-0.3, -0.25) is 9.59 Å². The highest BCUT2D eigenvalue weighted by Gasteiger charge is 2.21. The Kier molecular flexibility index (Phi) is 7.68. The number of aliphatic carboxylic acids is 2. The molecule has 5 aromatic rings. The van der Waals surface area contributed by atoms with E-state index in [1.165, 1.54) is 46.1 Å². The van der Waals surface area contributed by atoms with Crippen molar-refractivity contribution in [3.05, 3.63) is 82.2 Å². The minimum Gasteiger partial charge on any atom is -0.481 e. The predicted octanol–water partition coefficient (Wildman–Crippen LogP) is 7.25. The molecule has 0 fully saturated rings. The predicted molar refractivity (Wildman–Crippen MR) is 156 cm³/mol. The standard InChI is InChI=1S/C28H18O8S4/c29-23(30)11-15-9-21(13-2-1-3-14(8-13)27(33)34)39-25(15)18-5-6-19(38-18)26-16(12-24(31)32)10-22(40-26)17-4-7-20(37-17)28(35)36/h1-10H,11-12H2,(H,29,30)(H,31,32)(H,33,34)(H,35,36). The van der Waals surface area contributed by atoms with E-state index < -0.39 is 23.9 Å². The first kappa shape index (κ1) is 27.5. The maximum absolute atomic E-state index is 11.6. The molecule has 0 spiro atoms. The van der Waals surface area contributed by atoms with Gasteiger partial charge in [0.25, 0.3) is 0 Å². The number of aromatic carboxylic acids is 2. The van der Waals surface area contributed by atoms with Crippen molar-refractivity contribution in [1.29, 1.82) is 0 Å². The Morgan fingerprint density at radius 2 is 1.12 bits per heavy atom. The fourth-order valence-corrected chi connectivity index (χ4v) is 8.68. The molecule has 0 radical (unpaired) electrons. The molecule has 5 rings (SSSR count). The molecular weight excluding hydrogens is 593 g/mol. The Balaban J connectivity index is 1.56. The van der Waals surface area contributed by atoms with Crippen LogP contribution in [0, 0.1) is 0 Å². The van der Waals surface area contributed by atoms with Gasteiger partial charge in [-0.25, -0.2) is 9.59 Å². The number of carbonyl (C=O) groups is 4. The van der Waals surface area contributed by atoms with Crippen molar-refractivity contribution in [1.82, 2.24) is 0 Å². The molecule has 0 bridgehead atoms. The van der Waals surface area contributed by atoms with Crippen molar-refractivity contribution in [3.8, 4) is 39.7 Å². The lowest BCUT2D eigenvalue weighted by molar-refractivity contribution is -0.137. The lowest BCUT2D eigenvalue weighted by atomic mass is 10.1. The molecule has 40 heavy (non-hydrogen) atoms. The van der Waals surface area contributed by atoms with Crippen LogP contribution in [0.15, 0.2) is 60.7 Å². The zero-order valence-electron chi connectivity index (χ0n) is 20.2. The number of hydrogen-bond acceptors (Lipinski definition) is 8. The summed E-state index contributed by atoms with van der Waals surface area (Å²) in [5, 5.41) is 37.7. The van der Waals surface area contributed by atoms with Crippen LogP contribution < -0.4 is 0 Å². The minimum absolute atomic E-state index is 0.131. The minimum atomic E-state index is -1.05. The topological polar surface area (TPSA) is 149 Å². The van der Waals surface area contributed by atoms with Crippen LogP contribution in [0.25, 0.3) is 39.7 Å². The zero-order chi connectivity index (χ0) is 28.6. The third kappa shape index (κ3) is 5.75. The molecule has 0 atom stereocenters. The first-order valence-electron chi connectivity index (χ1n) is 11.6. The second-order valence-corrected chi connectivity index (χ2v) is 12.9. The van der Waals surface area contributed by atoms with Crippen molar-refractivity contribution in [2.75, 3.05) is 0 Å². The molecule has 1 aromatic carbocycles. The molecule has 0 saturated heterocycles. The number of benzene rings is 1. The Morgan fingerprint density at radius 1 is 0.550 bits per heavy atom. The van der Waals surface area contributed by atoms with Crippen LogP contribution in [0.4, 0.5) is 0 Å². The average molecular weight is 611 g/mol. The molecule has 4 N–H and O–H groups in total. The van der Waals surface area contributed by atoms with Gasteiger partial charge in [0.2, 0.25) is 0 Å². The van der Waals surface area contributed by atoms with E-state index in [0.717, 1.165) is 45.5 Å². The summed E-state index contributed by atoms with van der Waals surface area (Å²) >= 11 is 5.28. The SMILES string of the molecule is O=C(O)Cc1cc(-c2cccc(C(=O)O)c2)sc1-c1ccc(-c2sc(-c3ccc(C(=O)O)s3)cc2CC(=O)O)s1. The van der Waals surface area contributed by atoms with E-state index in [0.29, 0.717) is 16.7 Å². The highest BCUT2D eigenvalue weighted by atomic mass is 32.1. The maximum atomic E-state index is 11.6. The van der Waals surface area contributed by atoms with Crippen molar-refractivity contribution in [3.63, 3.8) is 0 Å². The summed E-state index contributed by atoms with van der Waals surface area (Å²) < 4.78 is 0. The highest BCUT2D eigenvalue weighted by Crippen LogP contribution is 2.47. The van der Waals surface area contributed by atoms with Gasteiger partial charge in [0.1, 0.15) is 4.88 Å². The van der Waals surface area contributed by atoms with Crippen LogP contribution in [0.3, 0.4) is 0 Å². The van der Waals surface area contributed by atoms with Crippen molar-refractivity contribution < 1.29 is 39.6 Å². The van der Waals surface area contributed by atoms with Gasteiger partial charge in [-0.15, -0.1) is 45.3 Å². The van der Waals surface area contributed by atoms with Gasteiger partial charge in [-0.2, -0.15) is 0 Å². The summed E-state index contributed by atoms with van der Waals surface area (Å²) in [6.45, 7) is 0. The molecule has 202 valence electrons. The van der Waals surface area contributed by atoms with Gasteiger partial charge >= 0.3 is 23.9 Å². The smallest absolute Gasteiger partial charge is 0.345 e. The molecule has 4 aromatic heterocycles. The van der Waals surface area contributed by atoms with Gasteiger partial charge in [-0.05, 0) is 65.2 Å². The second-order valence-electron chi connectivity index (χ2n) is 8.59. The zero-order valence-corrected chi connectivity index (χ0v) is 23.5. The fourth-order valence-electron chi connectivity index (χ4n) is 4.10. The summed E-state index contributed by atoms with van der Waals surface area (Å²) in [5.41, 5.74) is 2.00. The van der Waals surface area contributed by atoms with E-state index in [9.17, 15) is 39.6 Å². The van der Waals surface area contributed by atoms with E-state index in [1.54, 1.807) is 36.4 Å². The van der Waals surface area contributed by atoms with E-state index in [-0.39, 0.29) is 23.3 Å². The molecule has 4 heterocycles. The van der Waals surface area contributed by atoms with Crippen LogP contribution in [0.2, 0.25) is 0 Å². The summed E-state index contributed by atoms with van der Waals surface area (Å²) in [4.78, 5) is 51.6. The average Bonchev–Trinajstić information content (AvgIpc) is 3.68. The number of carboxylic acid groups (broad SMARTS) is 4. The first-order valence-corrected chi connectivity index (χ1v) is 14.8. The number of carboxylic acids is 4.